The molecule has 7 nitrogen and oxygen atoms in total. The molecule has 0 saturated heterocycles. The third kappa shape index (κ3) is 6.06. The highest BCUT2D eigenvalue weighted by Crippen LogP contribution is 2.25. The van der Waals surface area contributed by atoms with Crippen molar-refractivity contribution in [2.45, 2.75) is 13.0 Å². The van der Waals surface area contributed by atoms with Gasteiger partial charge in [0.05, 0.1) is 4.92 Å². The van der Waals surface area contributed by atoms with Crippen LogP contribution in [0.4, 0.5) is 5.69 Å². The monoisotopic (exact) mass is 346 g/mol. The summed E-state index contributed by atoms with van der Waals surface area (Å²) in [4.78, 5) is 10.4. The lowest BCUT2D eigenvalue weighted by Gasteiger charge is -2.14. The van der Waals surface area contributed by atoms with E-state index < -0.39 is 11.0 Å². The number of nitrogens with zero attached hydrogens (tertiary/aromatic N) is 1. The van der Waals surface area contributed by atoms with E-state index in [0.717, 1.165) is 11.3 Å². The fraction of sp³-hybridized carbons (Fsp3) is 0.333. The molecule has 134 valence electrons. The first kappa shape index (κ1) is 18.7. The number of nitro benzene ring substituents is 1. The molecule has 25 heavy (non-hydrogen) atoms. The second-order valence-corrected chi connectivity index (χ2v) is 5.51. The van der Waals surface area contributed by atoms with Crippen LogP contribution in [0.3, 0.4) is 0 Å². The van der Waals surface area contributed by atoms with Crippen LogP contribution in [0, 0.1) is 17.0 Å². The number of benzene rings is 2. The Labute approximate surface area is 146 Å². The van der Waals surface area contributed by atoms with Gasteiger partial charge in [-0.25, -0.2) is 0 Å². The average molecular weight is 346 g/mol. The Bertz CT molecular complexity index is 693. The van der Waals surface area contributed by atoms with Gasteiger partial charge in [-0.15, -0.1) is 0 Å². The largest absolute Gasteiger partial charge is 0.491 e. The Morgan fingerprint density at radius 2 is 1.80 bits per heavy atom. The molecule has 1 atom stereocenters. The van der Waals surface area contributed by atoms with E-state index in [9.17, 15) is 15.2 Å². The van der Waals surface area contributed by atoms with Gasteiger partial charge in [0.1, 0.15) is 25.1 Å². The average Bonchev–Trinajstić information content (AvgIpc) is 2.61. The van der Waals surface area contributed by atoms with Gasteiger partial charge in [-0.05, 0) is 24.6 Å². The van der Waals surface area contributed by atoms with E-state index in [-0.39, 0.29) is 24.7 Å². The van der Waals surface area contributed by atoms with Crippen LogP contribution < -0.4 is 14.8 Å². The van der Waals surface area contributed by atoms with Crippen molar-refractivity contribution in [3.8, 4) is 11.5 Å². The quantitative estimate of drug-likeness (QED) is 0.389. The summed E-state index contributed by atoms with van der Waals surface area (Å²) in [5, 5.41) is 23.8. The third-order valence-electron chi connectivity index (χ3n) is 3.50. The number of aliphatic hydroxyl groups excluding tert-OH is 1. The standard InChI is InChI=1S/C18H22N2O5/c1-14-6-2-4-8-17(14)25-13-15(21)12-19-10-11-24-18-9-5-3-7-16(18)20(22)23/h2-9,15,19,21H,10-13H2,1H3. The molecule has 0 spiro atoms. The SMILES string of the molecule is Cc1ccccc1OCC(O)CNCCOc1ccccc1[N+](=O)[O-]. The number of ether oxygens (including phenoxy) is 2. The Morgan fingerprint density at radius 1 is 1.12 bits per heavy atom. The number of aryl methyl sites for hydroxylation is 1. The Hall–Kier alpha value is -2.64. The first-order valence-corrected chi connectivity index (χ1v) is 8.01. The van der Waals surface area contributed by atoms with E-state index in [1.54, 1.807) is 18.2 Å². The second-order valence-electron chi connectivity index (χ2n) is 5.51. The molecule has 0 aromatic heterocycles. The molecule has 0 fully saturated rings. The molecule has 0 aliphatic carbocycles. The number of nitrogens with one attached hydrogen (secondary N) is 1. The van der Waals surface area contributed by atoms with Gasteiger partial charge in [0.25, 0.3) is 0 Å². The smallest absolute Gasteiger partial charge is 0.310 e. The maximum Gasteiger partial charge on any atom is 0.310 e. The Morgan fingerprint density at radius 3 is 2.52 bits per heavy atom. The lowest BCUT2D eigenvalue weighted by molar-refractivity contribution is -0.385. The molecular weight excluding hydrogens is 324 g/mol. The van der Waals surface area contributed by atoms with E-state index in [2.05, 4.69) is 5.32 Å². The molecular formula is C18H22N2O5. The van der Waals surface area contributed by atoms with E-state index in [1.165, 1.54) is 6.07 Å². The topological polar surface area (TPSA) is 93.9 Å². The lowest BCUT2D eigenvalue weighted by Crippen LogP contribution is -2.33. The summed E-state index contributed by atoms with van der Waals surface area (Å²) in [5.41, 5.74) is 0.953. The zero-order chi connectivity index (χ0) is 18.1. The second kappa shape index (κ2) is 9.61. The minimum atomic E-state index is -0.661. The van der Waals surface area contributed by atoms with Crippen LogP contribution in [0.1, 0.15) is 5.56 Å². The minimum absolute atomic E-state index is 0.0610. The van der Waals surface area contributed by atoms with Gasteiger partial charge in [0.2, 0.25) is 0 Å². The van der Waals surface area contributed by atoms with Crippen molar-refractivity contribution in [2.24, 2.45) is 0 Å². The van der Waals surface area contributed by atoms with Gasteiger partial charge in [-0.2, -0.15) is 0 Å². The van der Waals surface area contributed by atoms with Crippen LogP contribution in [0.5, 0.6) is 11.5 Å². The van der Waals surface area contributed by atoms with Crippen LogP contribution in [0.2, 0.25) is 0 Å². The molecule has 7 heteroatoms. The maximum atomic E-state index is 10.9. The summed E-state index contributed by atoms with van der Waals surface area (Å²) >= 11 is 0. The lowest BCUT2D eigenvalue weighted by atomic mass is 10.2. The molecule has 0 radical (unpaired) electrons. The molecule has 2 N–H and O–H groups in total. The van der Waals surface area contributed by atoms with Crippen molar-refractivity contribution in [3.63, 3.8) is 0 Å². The van der Waals surface area contributed by atoms with Crippen molar-refractivity contribution >= 4 is 5.69 Å². The maximum absolute atomic E-state index is 10.9. The number of nitro groups is 1. The van der Waals surface area contributed by atoms with Crippen molar-refractivity contribution < 1.29 is 19.5 Å². The number of rotatable bonds is 10. The van der Waals surface area contributed by atoms with Gasteiger partial charge < -0.3 is 19.9 Å². The number of hydrogen-bond acceptors (Lipinski definition) is 6. The first-order chi connectivity index (χ1) is 12.1. The molecule has 2 aromatic rings. The summed E-state index contributed by atoms with van der Waals surface area (Å²) in [7, 11) is 0. The van der Waals surface area contributed by atoms with E-state index >= 15 is 0 Å². The normalized spacial score (nSPS) is 11.8. The van der Waals surface area contributed by atoms with Gasteiger partial charge in [0, 0.05) is 19.2 Å². The molecule has 0 heterocycles. The molecule has 0 aliphatic rings. The molecule has 2 aromatic carbocycles. The number of hydrogen-bond donors (Lipinski definition) is 2. The minimum Gasteiger partial charge on any atom is -0.491 e. The summed E-state index contributed by atoms with van der Waals surface area (Å²) in [6.07, 6.45) is -0.661. The summed E-state index contributed by atoms with van der Waals surface area (Å²) < 4.78 is 11.0. The van der Waals surface area contributed by atoms with Gasteiger partial charge in [0.15, 0.2) is 5.75 Å². The van der Waals surface area contributed by atoms with Gasteiger partial charge in [-0.1, -0.05) is 30.3 Å². The van der Waals surface area contributed by atoms with Crippen molar-refractivity contribution in [1.29, 1.82) is 0 Å². The van der Waals surface area contributed by atoms with Crippen LogP contribution in [0.25, 0.3) is 0 Å². The summed E-state index contributed by atoms with van der Waals surface area (Å²) in [5.74, 6) is 0.985. The van der Waals surface area contributed by atoms with Crippen molar-refractivity contribution in [2.75, 3.05) is 26.3 Å². The predicted molar refractivity (Wildman–Crippen MR) is 94.1 cm³/mol. The summed E-state index contributed by atoms with van der Waals surface area (Å²) in [6.45, 7) is 3.18. The van der Waals surface area contributed by atoms with Crippen LogP contribution in [0.15, 0.2) is 48.5 Å². The van der Waals surface area contributed by atoms with E-state index in [0.29, 0.717) is 13.1 Å². The van der Waals surface area contributed by atoms with Crippen LogP contribution in [-0.4, -0.2) is 42.4 Å². The van der Waals surface area contributed by atoms with Gasteiger partial charge >= 0.3 is 5.69 Å². The van der Waals surface area contributed by atoms with E-state index in [1.807, 2.05) is 31.2 Å². The molecule has 2 rings (SSSR count). The van der Waals surface area contributed by atoms with Crippen molar-refractivity contribution in [1.82, 2.24) is 5.32 Å². The molecule has 1 unspecified atom stereocenters. The molecule has 0 aliphatic heterocycles. The van der Waals surface area contributed by atoms with Crippen LogP contribution in [-0.2, 0) is 0 Å². The highest BCUT2D eigenvalue weighted by Gasteiger charge is 2.13. The van der Waals surface area contributed by atoms with Crippen LogP contribution >= 0.6 is 0 Å². The Kier molecular flexibility index (Phi) is 7.18. The number of para-hydroxylation sites is 3. The Balaban J connectivity index is 1.64. The highest BCUT2D eigenvalue weighted by molar-refractivity contribution is 5.45. The zero-order valence-electron chi connectivity index (χ0n) is 14.1. The third-order valence-corrected chi connectivity index (χ3v) is 3.50. The zero-order valence-corrected chi connectivity index (χ0v) is 14.1. The molecule has 0 amide bonds. The number of aliphatic hydroxyl groups is 1. The fourth-order valence-corrected chi connectivity index (χ4v) is 2.20. The van der Waals surface area contributed by atoms with Crippen molar-refractivity contribution in [3.05, 3.63) is 64.2 Å². The highest BCUT2D eigenvalue weighted by atomic mass is 16.6. The predicted octanol–water partition coefficient (Wildman–Crippen LogP) is 2.31. The first-order valence-electron chi connectivity index (χ1n) is 8.01. The molecule has 0 bridgehead atoms. The fourth-order valence-electron chi connectivity index (χ4n) is 2.20. The summed E-state index contributed by atoms with van der Waals surface area (Å²) in [6, 6.07) is 13.8. The van der Waals surface area contributed by atoms with E-state index in [4.69, 9.17) is 9.47 Å². The molecule has 0 saturated carbocycles. The van der Waals surface area contributed by atoms with Gasteiger partial charge in [-0.3, -0.25) is 10.1 Å².